The first kappa shape index (κ1) is 17.2. The lowest BCUT2D eigenvalue weighted by Crippen LogP contribution is -2.11. The van der Waals surface area contributed by atoms with Gasteiger partial charge in [-0.2, -0.15) is 0 Å². The van der Waals surface area contributed by atoms with E-state index in [0.717, 1.165) is 5.39 Å². The standard InChI is InChI=1S/C19H14O7/c1-23-17(20)12-7-13(18(21)24-2)9-14(8-12)25-19(22)16-10-11-5-3-4-6-15(11)26-16/h3-10H,1-2H3. The van der Waals surface area contributed by atoms with Gasteiger partial charge in [0.05, 0.1) is 25.3 Å². The molecule has 0 spiro atoms. The Morgan fingerprint density at radius 2 is 1.42 bits per heavy atom. The lowest BCUT2D eigenvalue weighted by Gasteiger charge is -2.08. The molecule has 0 fully saturated rings. The van der Waals surface area contributed by atoms with Crippen molar-refractivity contribution < 1.29 is 33.0 Å². The summed E-state index contributed by atoms with van der Waals surface area (Å²) in [6.07, 6.45) is 0. The second-order valence-corrected chi connectivity index (χ2v) is 5.27. The molecule has 7 heteroatoms. The molecule has 0 saturated heterocycles. The van der Waals surface area contributed by atoms with Gasteiger partial charge in [0, 0.05) is 5.39 Å². The number of benzene rings is 2. The summed E-state index contributed by atoms with van der Waals surface area (Å²) in [6, 6.07) is 12.5. The number of methoxy groups -OCH3 is 2. The van der Waals surface area contributed by atoms with Crippen molar-refractivity contribution in [3.8, 4) is 5.75 Å². The summed E-state index contributed by atoms with van der Waals surface area (Å²) >= 11 is 0. The normalized spacial score (nSPS) is 10.4. The predicted molar refractivity (Wildman–Crippen MR) is 90.3 cm³/mol. The number of carbonyl (C=O) groups excluding carboxylic acids is 3. The second-order valence-electron chi connectivity index (χ2n) is 5.27. The van der Waals surface area contributed by atoms with E-state index in [-0.39, 0.29) is 22.6 Å². The Hall–Kier alpha value is -3.61. The van der Waals surface area contributed by atoms with E-state index in [1.165, 1.54) is 32.4 Å². The number of furan rings is 1. The van der Waals surface area contributed by atoms with Crippen molar-refractivity contribution in [2.75, 3.05) is 14.2 Å². The largest absolute Gasteiger partial charge is 0.465 e. The number of hydrogen-bond donors (Lipinski definition) is 0. The minimum absolute atomic E-state index is 0.00529. The van der Waals surface area contributed by atoms with Gasteiger partial charge in [-0.1, -0.05) is 18.2 Å². The third-order valence-electron chi connectivity index (χ3n) is 3.59. The van der Waals surface area contributed by atoms with Crippen LogP contribution in [0.25, 0.3) is 11.0 Å². The van der Waals surface area contributed by atoms with Crippen LogP contribution < -0.4 is 4.74 Å². The Balaban J connectivity index is 1.93. The quantitative estimate of drug-likeness (QED) is 0.524. The molecule has 1 aromatic heterocycles. The Bertz CT molecular complexity index is 933. The molecule has 0 aliphatic rings. The fraction of sp³-hybridized carbons (Fsp3) is 0.105. The van der Waals surface area contributed by atoms with Crippen LogP contribution in [0.2, 0.25) is 0 Å². The van der Waals surface area contributed by atoms with Gasteiger partial charge in [0.1, 0.15) is 11.3 Å². The summed E-state index contributed by atoms with van der Waals surface area (Å²) in [5, 5.41) is 0.748. The van der Waals surface area contributed by atoms with Gasteiger partial charge in [0.2, 0.25) is 5.76 Å². The zero-order valence-corrected chi connectivity index (χ0v) is 14.0. The van der Waals surface area contributed by atoms with E-state index in [1.807, 2.05) is 6.07 Å². The lowest BCUT2D eigenvalue weighted by molar-refractivity contribution is 0.0592. The Morgan fingerprint density at radius 1 is 0.808 bits per heavy atom. The molecule has 0 aliphatic heterocycles. The topological polar surface area (TPSA) is 92.0 Å². The van der Waals surface area contributed by atoms with Crippen molar-refractivity contribution in [1.82, 2.24) is 0 Å². The summed E-state index contributed by atoms with van der Waals surface area (Å²) in [7, 11) is 2.40. The highest BCUT2D eigenvalue weighted by Gasteiger charge is 2.19. The van der Waals surface area contributed by atoms with Gasteiger partial charge in [-0.05, 0) is 30.3 Å². The maximum atomic E-state index is 12.3. The molecular formula is C19H14O7. The summed E-state index contributed by atoms with van der Waals surface area (Å²) in [5.41, 5.74) is 0.628. The Kier molecular flexibility index (Phi) is 4.70. The summed E-state index contributed by atoms with van der Waals surface area (Å²) in [5.74, 6) is -2.15. The van der Waals surface area contributed by atoms with E-state index in [2.05, 4.69) is 9.47 Å². The average molecular weight is 354 g/mol. The zero-order chi connectivity index (χ0) is 18.7. The fourth-order valence-corrected chi connectivity index (χ4v) is 2.37. The molecule has 1 heterocycles. The molecule has 2 aromatic carbocycles. The average Bonchev–Trinajstić information content (AvgIpc) is 3.10. The Morgan fingerprint density at radius 3 is 2.00 bits per heavy atom. The molecule has 0 amide bonds. The molecule has 0 bridgehead atoms. The monoisotopic (exact) mass is 354 g/mol. The van der Waals surface area contributed by atoms with E-state index < -0.39 is 17.9 Å². The van der Waals surface area contributed by atoms with Gasteiger partial charge in [0.15, 0.2) is 0 Å². The number of ether oxygens (including phenoxy) is 3. The van der Waals surface area contributed by atoms with Crippen LogP contribution in [0.3, 0.4) is 0 Å². The van der Waals surface area contributed by atoms with E-state index in [1.54, 1.807) is 24.3 Å². The minimum atomic E-state index is -0.765. The highest BCUT2D eigenvalue weighted by Crippen LogP contribution is 2.23. The molecule has 132 valence electrons. The van der Waals surface area contributed by atoms with Gasteiger partial charge < -0.3 is 18.6 Å². The number of esters is 3. The van der Waals surface area contributed by atoms with Crippen LogP contribution in [0, 0.1) is 0 Å². The molecule has 7 nitrogen and oxygen atoms in total. The van der Waals surface area contributed by atoms with Crippen molar-refractivity contribution in [2.45, 2.75) is 0 Å². The molecule has 0 radical (unpaired) electrons. The number of para-hydroxylation sites is 1. The molecule has 3 rings (SSSR count). The van der Waals surface area contributed by atoms with Crippen LogP contribution in [0.4, 0.5) is 0 Å². The number of hydrogen-bond acceptors (Lipinski definition) is 7. The summed E-state index contributed by atoms with van der Waals surface area (Å²) in [6.45, 7) is 0. The molecule has 0 unspecified atom stereocenters. The van der Waals surface area contributed by atoms with Crippen LogP contribution in [0.1, 0.15) is 31.3 Å². The van der Waals surface area contributed by atoms with Crippen LogP contribution in [0.5, 0.6) is 5.75 Å². The second kappa shape index (κ2) is 7.10. The van der Waals surface area contributed by atoms with Crippen LogP contribution in [-0.4, -0.2) is 32.1 Å². The predicted octanol–water partition coefficient (Wildman–Crippen LogP) is 3.23. The number of carbonyl (C=O) groups is 3. The van der Waals surface area contributed by atoms with Crippen molar-refractivity contribution in [1.29, 1.82) is 0 Å². The van der Waals surface area contributed by atoms with Crippen LogP contribution in [0.15, 0.2) is 52.9 Å². The van der Waals surface area contributed by atoms with Gasteiger partial charge in [-0.25, -0.2) is 14.4 Å². The van der Waals surface area contributed by atoms with E-state index >= 15 is 0 Å². The highest BCUT2D eigenvalue weighted by atomic mass is 16.5. The summed E-state index contributed by atoms with van der Waals surface area (Å²) in [4.78, 5) is 35.9. The zero-order valence-electron chi connectivity index (χ0n) is 14.0. The van der Waals surface area contributed by atoms with Crippen LogP contribution >= 0.6 is 0 Å². The maximum absolute atomic E-state index is 12.3. The third-order valence-corrected chi connectivity index (χ3v) is 3.59. The fourth-order valence-electron chi connectivity index (χ4n) is 2.37. The third kappa shape index (κ3) is 3.41. The highest BCUT2D eigenvalue weighted by molar-refractivity contribution is 5.97. The van der Waals surface area contributed by atoms with Gasteiger partial charge in [-0.3, -0.25) is 0 Å². The van der Waals surface area contributed by atoms with Gasteiger partial charge in [-0.15, -0.1) is 0 Å². The van der Waals surface area contributed by atoms with Gasteiger partial charge in [0.25, 0.3) is 0 Å². The number of fused-ring (bicyclic) bond motifs is 1. The first-order valence-electron chi connectivity index (χ1n) is 7.54. The van der Waals surface area contributed by atoms with E-state index in [9.17, 15) is 14.4 Å². The molecule has 3 aromatic rings. The number of rotatable bonds is 4. The van der Waals surface area contributed by atoms with Crippen molar-refractivity contribution in [3.05, 3.63) is 65.4 Å². The molecule has 0 atom stereocenters. The smallest absolute Gasteiger partial charge is 0.379 e. The van der Waals surface area contributed by atoms with Crippen molar-refractivity contribution in [2.24, 2.45) is 0 Å². The Labute approximate surface area is 148 Å². The van der Waals surface area contributed by atoms with E-state index in [0.29, 0.717) is 5.58 Å². The van der Waals surface area contributed by atoms with Crippen molar-refractivity contribution >= 4 is 28.9 Å². The summed E-state index contributed by atoms with van der Waals surface area (Å²) < 4.78 is 20.0. The van der Waals surface area contributed by atoms with E-state index in [4.69, 9.17) is 9.15 Å². The molecular weight excluding hydrogens is 340 g/mol. The van der Waals surface area contributed by atoms with Crippen LogP contribution in [-0.2, 0) is 9.47 Å². The first-order chi connectivity index (χ1) is 12.5. The molecule has 0 N–H and O–H groups in total. The van der Waals surface area contributed by atoms with Gasteiger partial charge >= 0.3 is 17.9 Å². The minimum Gasteiger partial charge on any atom is -0.465 e. The molecule has 0 saturated carbocycles. The first-order valence-corrected chi connectivity index (χ1v) is 7.54. The molecule has 26 heavy (non-hydrogen) atoms. The van der Waals surface area contributed by atoms with Crippen molar-refractivity contribution in [3.63, 3.8) is 0 Å². The lowest BCUT2D eigenvalue weighted by atomic mass is 10.1. The SMILES string of the molecule is COC(=O)c1cc(OC(=O)c2cc3ccccc3o2)cc(C(=O)OC)c1. The molecule has 0 aliphatic carbocycles. The maximum Gasteiger partial charge on any atom is 0.379 e.